The fraction of sp³-hybridized carbons (Fsp3) is 0.435. The van der Waals surface area contributed by atoms with Gasteiger partial charge in [-0.05, 0) is 56.3 Å². The van der Waals surface area contributed by atoms with E-state index in [1.807, 2.05) is 12.1 Å². The van der Waals surface area contributed by atoms with Crippen LogP contribution < -0.4 is 0 Å². The van der Waals surface area contributed by atoms with Crippen LogP contribution in [0.2, 0.25) is 0 Å². The zero-order valence-corrected chi connectivity index (χ0v) is 14.6. The van der Waals surface area contributed by atoms with E-state index in [4.69, 9.17) is 9.99 Å². The van der Waals surface area contributed by atoms with E-state index in [1.165, 1.54) is 38.5 Å². The molecule has 4 aliphatic rings. The Kier molecular flexibility index (Phi) is 3.65. The summed E-state index contributed by atoms with van der Waals surface area (Å²) in [5.41, 5.74) is 3.21. The molecule has 0 aromatic heterocycles. The second-order valence-electron chi connectivity index (χ2n) is 8.36. The van der Waals surface area contributed by atoms with Crippen molar-refractivity contribution in [3.8, 4) is 0 Å². The third-order valence-corrected chi connectivity index (χ3v) is 6.41. The third kappa shape index (κ3) is 2.88. The number of hydrogen-bond acceptors (Lipinski definition) is 2. The molecule has 0 amide bonds. The molecule has 4 bridgehead atoms. The van der Waals surface area contributed by atoms with Crippen LogP contribution >= 0.6 is 0 Å². The van der Waals surface area contributed by atoms with Crippen LogP contribution in [0.3, 0.4) is 0 Å². The van der Waals surface area contributed by atoms with Gasteiger partial charge in [-0.2, -0.15) is 0 Å². The molecule has 2 aromatic carbocycles. The van der Waals surface area contributed by atoms with Crippen LogP contribution in [0, 0.1) is 17.8 Å². The molecule has 0 saturated heterocycles. The maximum Gasteiger partial charge on any atom is 0.138 e. The van der Waals surface area contributed by atoms with Gasteiger partial charge in [0.05, 0.1) is 0 Å². The maximum absolute atomic E-state index is 6.40. The summed E-state index contributed by atoms with van der Waals surface area (Å²) in [4.78, 5) is 6.40. The molecule has 6 rings (SSSR count). The molecule has 0 atom stereocenters. The lowest BCUT2D eigenvalue weighted by atomic mass is 9.54. The van der Waals surface area contributed by atoms with Gasteiger partial charge in [0.25, 0.3) is 0 Å². The smallest absolute Gasteiger partial charge is 0.138 e. The Morgan fingerprint density at radius 3 is 1.60 bits per heavy atom. The van der Waals surface area contributed by atoms with Gasteiger partial charge in [0.1, 0.15) is 11.3 Å². The number of hydrogen-bond donors (Lipinski definition) is 0. The van der Waals surface area contributed by atoms with Crippen LogP contribution in [0.5, 0.6) is 0 Å². The van der Waals surface area contributed by atoms with Crippen LogP contribution in [-0.4, -0.2) is 11.3 Å². The van der Waals surface area contributed by atoms with Crippen molar-refractivity contribution in [3.63, 3.8) is 0 Å². The molecule has 0 spiro atoms. The van der Waals surface area contributed by atoms with Crippen LogP contribution in [-0.2, 0) is 4.84 Å². The summed E-state index contributed by atoms with van der Waals surface area (Å²) in [6.07, 6.45) is 7.90. The van der Waals surface area contributed by atoms with Crippen molar-refractivity contribution in [2.24, 2.45) is 22.9 Å². The molecule has 2 heteroatoms. The molecule has 4 saturated carbocycles. The first-order chi connectivity index (χ1) is 12.3. The van der Waals surface area contributed by atoms with Crippen molar-refractivity contribution in [1.29, 1.82) is 0 Å². The zero-order valence-electron chi connectivity index (χ0n) is 14.6. The van der Waals surface area contributed by atoms with E-state index < -0.39 is 0 Å². The Balaban J connectivity index is 1.48. The average molecular weight is 331 g/mol. The van der Waals surface area contributed by atoms with Gasteiger partial charge in [0.2, 0.25) is 0 Å². The highest BCUT2D eigenvalue weighted by molar-refractivity contribution is 6.12. The highest BCUT2D eigenvalue weighted by Crippen LogP contribution is 2.57. The van der Waals surface area contributed by atoms with Crippen LogP contribution in [0.15, 0.2) is 65.8 Å². The van der Waals surface area contributed by atoms with Gasteiger partial charge < -0.3 is 4.84 Å². The Morgan fingerprint density at radius 1 is 0.720 bits per heavy atom. The van der Waals surface area contributed by atoms with E-state index >= 15 is 0 Å². The molecule has 0 aliphatic heterocycles. The minimum absolute atomic E-state index is 0.00353. The Bertz CT molecular complexity index is 688. The largest absolute Gasteiger partial charge is 0.389 e. The summed E-state index contributed by atoms with van der Waals surface area (Å²) < 4.78 is 0. The molecular weight excluding hydrogens is 306 g/mol. The summed E-state index contributed by atoms with van der Waals surface area (Å²) in [6.45, 7) is 0. The van der Waals surface area contributed by atoms with Crippen molar-refractivity contribution < 1.29 is 4.84 Å². The average Bonchev–Trinajstić information content (AvgIpc) is 2.62. The minimum atomic E-state index is 0.00353. The molecule has 25 heavy (non-hydrogen) atoms. The fourth-order valence-electron chi connectivity index (χ4n) is 5.75. The van der Waals surface area contributed by atoms with Crippen LogP contribution in [0.4, 0.5) is 0 Å². The zero-order chi connectivity index (χ0) is 16.7. The van der Waals surface area contributed by atoms with Crippen molar-refractivity contribution in [3.05, 3.63) is 71.8 Å². The molecule has 4 aliphatic carbocycles. The molecule has 2 nitrogen and oxygen atoms in total. The van der Waals surface area contributed by atoms with Crippen molar-refractivity contribution in [2.45, 2.75) is 44.1 Å². The van der Waals surface area contributed by atoms with E-state index in [2.05, 4.69) is 48.5 Å². The number of benzene rings is 2. The lowest BCUT2D eigenvalue weighted by Gasteiger charge is -2.54. The first-order valence-electron chi connectivity index (χ1n) is 9.67. The second-order valence-corrected chi connectivity index (χ2v) is 8.36. The lowest BCUT2D eigenvalue weighted by molar-refractivity contribution is -0.162. The van der Waals surface area contributed by atoms with E-state index in [0.29, 0.717) is 0 Å². The van der Waals surface area contributed by atoms with Crippen molar-refractivity contribution >= 4 is 5.71 Å². The lowest BCUT2D eigenvalue weighted by Crippen LogP contribution is -2.51. The summed E-state index contributed by atoms with van der Waals surface area (Å²) in [6, 6.07) is 20.8. The Morgan fingerprint density at radius 2 is 1.16 bits per heavy atom. The van der Waals surface area contributed by atoms with Crippen molar-refractivity contribution in [1.82, 2.24) is 0 Å². The molecule has 4 fully saturated rings. The van der Waals surface area contributed by atoms with E-state index in [9.17, 15) is 0 Å². The van der Waals surface area contributed by atoms with Crippen LogP contribution in [0.25, 0.3) is 0 Å². The van der Waals surface area contributed by atoms with Crippen molar-refractivity contribution in [2.75, 3.05) is 0 Å². The standard InChI is InChI=1S/C23H25NO/c1-3-7-20(8-4-1)22(21-9-5-2-6-10-21)24-25-23-14-17-11-18(15-23)13-19(12-17)16-23/h1-10,17-19H,11-16H2. The summed E-state index contributed by atoms with van der Waals surface area (Å²) in [5, 5.41) is 4.77. The topological polar surface area (TPSA) is 21.6 Å². The molecule has 128 valence electrons. The first kappa shape index (κ1) is 15.2. The summed E-state index contributed by atoms with van der Waals surface area (Å²) in [5.74, 6) is 2.62. The maximum atomic E-state index is 6.40. The normalized spacial score (nSPS) is 32.4. The monoisotopic (exact) mass is 331 g/mol. The summed E-state index contributed by atoms with van der Waals surface area (Å²) in [7, 11) is 0. The van der Waals surface area contributed by atoms with Gasteiger partial charge in [-0.25, -0.2) is 0 Å². The van der Waals surface area contributed by atoms with Crippen LogP contribution in [0.1, 0.15) is 49.7 Å². The first-order valence-corrected chi connectivity index (χ1v) is 9.67. The second kappa shape index (κ2) is 6.01. The Hall–Kier alpha value is -2.09. The molecule has 2 aromatic rings. The fourth-order valence-corrected chi connectivity index (χ4v) is 5.75. The predicted molar refractivity (Wildman–Crippen MR) is 101 cm³/mol. The predicted octanol–water partition coefficient (Wildman–Crippen LogP) is 5.42. The number of rotatable bonds is 4. The quantitative estimate of drug-likeness (QED) is 0.541. The molecule has 0 N–H and O–H groups in total. The van der Waals surface area contributed by atoms with Gasteiger partial charge in [-0.1, -0.05) is 65.8 Å². The van der Waals surface area contributed by atoms with Gasteiger partial charge in [-0.15, -0.1) is 0 Å². The van der Waals surface area contributed by atoms with Gasteiger partial charge in [0, 0.05) is 11.1 Å². The number of oxime groups is 1. The van der Waals surface area contributed by atoms with E-state index in [1.54, 1.807) is 0 Å². The molecule has 0 heterocycles. The molecule has 0 radical (unpaired) electrons. The van der Waals surface area contributed by atoms with Gasteiger partial charge >= 0.3 is 0 Å². The van der Waals surface area contributed by atoms with E-state index in [-0.39, 0.29) is 5.60 Å². The van der Waals surface area contributed by atoms with Gasteiger partial charge in [0.15, 0.2) is 0 Å². The highest BCUT2D eigenvalue weighted by atomic mass is 16.6. The highest BCUT2D eigenvalue weighted by Gasteiger charge is 2.53. The Labute approximate surface area is 149 Å². The molecule has 0 unspecified atom stereocenters. The minimum Gasteiger partial charge on any atom is -0.389 e. The number of nitrogens with zero attached hydrogens (tertiary/aromatic N) is 1. The SMILES string of the molecule is c1ccc(C(=NOC23CC4CC(CC(C4)C2)C3)c2ccccc2)cc1. The van der Waals surface area contributed by atoms with Gasteiger partial charge in [-0.3, -0.25) is 0 Å². The molecular formula is C23H25NO. The summed E-state index contributed by atoms with van der Waals surface area (Å²) >= 11 is 0. The van der Waals surface area contributed by atoms with E-state index in [0.717, 1.165) is 34.6 Å². The third-order valence-electron chi connectivity index (χ3n) is 6.41.